The summed E-state index contributed by atoms with van der Waals surface area (Å²) >= 11 is 0. The van der Waals surface area contributed by atoms with E-state index in [1.165, 1.54) is 12.1 Å². The lowest BCUT2D eigenvalue weighted by Crippen LogP contribution is -2.21. The Morgan fingerprint density at radius 3 is 2.06 bits per heavy atom. The first-order valence-electron chi connectivity index (χ1n) is 4.79. The second-order valence-electron chi connectivity index (χ2n) is 3.96. The van der Waals surface area contributed by atoms with E-state index in [2.05, 4.69) is 0 Å². The van der Waals surface area contributed by atoms with Gasteiger partial charge in [0, 0.05) is 11.8 Å². The van der Waals surface area contributed by atoms with Gasteiger partial charge in [-0.25, -0.2) is 8.42 Å². The summed E-state index contributed by atoms with van der Waals surface area (Å²) in [5.74, 6) is -0.0231. The van der Waals surface area contributed by atoms with Gasteiger partial charge in [-0.15, -0.1) is 0 Å². The van der Waals surface area contributed by atoms with Crippen LogP contribution in [0.3, 0.4) is 0 Å². The second-order valence-corrected chi connectivity index (χ2v) is 5.97. The van der Waals surface area contributed by atoms with Crippen LogP contribution < -0.4 is 0 Å². The fourth-order valence-corrected chi connectivity index (χ4v) is 1.90. The lowest BCUT2D eigenvalue weighted by atomic mass is 10.1. The number of ketones is 1. The summed E-state index contributed by atoms with van der Waals surface area (Å²) in [6, 6.07) is 6.00. The van der Waals surface area contributed by atoms with Gasteiger partial charge in [-0.05, 0) is 26.2 Å². The summed E-state index contributed by atoms with van der Waals surface area (Å²) in [7, 11) is 0.427. The molecule has 0 N–H and O–H groups in total. The van der Waals surface area contributed by atoms with E-state index >= 15 is 0 Å². The molecular formula is C11H15NO3S. The van der Waals surface area contributed by atoms with Gasteiger partial charge in [-0.1, -0.05) is 12.1 Å². The Bertz CT molecular complexity index is 474. The molecule has 1 aromatic carbocycles. The number of Topliss-reactive ketones (excluding diaryl/α,β-unsaturated/α-hetero) is 1. The van der Waals surface area contributed by atoms with Gasteiger partial charge >= 0.3 is 0 Å². The SMILES string of the molecule is CN(C)CC(=O)c1ccc(S(C)(=O)=O)cc1. The van der Waals surface area contributed by atoms with Crippen molar-refractivity contribution in [1.29, 1.82) is 0 Å². The fraction of sp³-hybridized carbons (Fsp3) is 0.364. The summed E-state index contributed by atoms with van der Waals surface area (Å²) in [5, 5.41) is 0. The smallest absolute Gasteiger partial charge is 0.176 e. The van der Waals surface area contributed by atoms with Gasteiger partial charge in [0.15, 0.2) is 15.6 Å². The summed E-state index contributed by atoms with van der Waals surface area (Å²) in [6.07, 6.45) is 1.14. The van der Waals surface area contributed by atoms with E-state index in [9.17, 15) is 13.2 Å². The van der Waals surface area contributed by atoms with E-state index in [0.29, 0.717) is 12.1 Å². The predicted molar refractivity (Wildman–Crippen MR) is 62.4 cm³/mol. The first-order chi connectivity index (χ1) is 7.30. The van der Waals surface area contributed by atoms with Crippen molar-refractivity contribution in [3.8, 4) is 0 Å². The predicted octanol–water partition coefficient (Wildman–Crippen LogP) is 0.834. The first kappa shape index (κ1) is 12.9. The number of likely N-dealkylation sites (N-methyl/N-ethyl adjacent to an activating group) is 1. The van der Waals surface area contributed by atoms with Crippen molar-refractivity contribution in [3.63, 3.8) is 0 Å². The molecule has 0 saturated carbocycles. The van der Waals surface area contributed by atoms with E-state index < -0.39 is 9.84 Å². The van der Waals surface area contributed by atoms with Crippen molar-refractivity contribution in [2.24, 2.45) is 0 Å². The van der Waals surface area contributed by atoms with E-state index in [-0.39, 0.29) is 10.7 Å². The summed E-state index contributed by atoms with van der Waals surface area (Å²) < 4.78 is 22.4. The van der Waals surface area contributed by atoms with Gasteiger partial charge in [0.05, 0.1) is 11.4 Å². The number of carbonyl (C=O) groups excluding carboxylic acids is 1. The highest BCUT2D eigenvalue weighted by molar-refractivity contribution is 7.90. The largest absolute Gasteiger partial charge is 0.302 e. The molecule has 0 bridgehead atoms. The van der Waals surface area contributed by atoms with Crippen LogP contribution in [0.1, 0.15) is 10.4 Å². The molecule has 1 aromatic rings. The highest BCUT2D eigenvalue weighted by atomic mass is 32.2. The zero-order valence-electron chi connectivity index (χ0n) is 9.60. The van der Waals surface area contributed by atoms with Gasteiger partial charge in [0.25, 0.3) is 0 Å². The Morgan fingerprint density at radius 1 is 1.19 bits per heavy atom. The number of benzene rings is 1. The molecule has 1 rings (SSSR count). The molecule has 0 heterocycles. The lowest BCUT2D eigenvalue weighted by Gasteiger charge is -2.08. The fourth-order valence-electron chi connectivity index (χ4n) is 1.27. The van der Waals surface area contributed by atoms with Gasteiger partial charge < -0.3 is 4.90 Å². The number of nitrogens with zero attached hydrogens (tertiary/aromatic N) is 1. The molecule has 16 heavy (non-hydrogen) atoms. The molecule has 0 unspecified atom stereocenters. The van der Waals surface area contributed by atoms with Crippen LogP contribution >= 0.6 is 0 Å². The molecule has 0 aliphatic rings. The minimum absolute atomic E-state index is 0.0231. The summed E-state index contributed by atoms with van der Waals surface area (Å²) in [6.45, 7) is 0.318. The third kappa shape index (κ3) is 3.43. The Morgan fingerprint density at radius 2 is 1.69 bits per heavy atom. The topological polar surface area (TPSA) is 54.5 Å². The van der Waals surface area contributed by atoms with Crippen LogP contribution in [0.25, 0.3) is 0 Å². The normalized spacial score (nSPS) is 11.8. The molecule has 88 valence electrons. The van der Waals surface area contributed by atoms with E-state index in [1.54, 1.807) is 17.0 Å². The number of hydrogen-bond acceptors (Lipinski definition) is 4. The van der Waals surface area contributed by atoms with Crippen LogP contribution in [0, 0.1) is 0 Å². The van der Waals surface area contributed by atoms with Crippen LogP contribution in [0.2, 0.25) is 0 Å². The molecule has 0 aliphatic carbocycles. The maximum Gasteiger partial charge on any atom is 0.176 e. The van der Waals surface area contributed by atoms with Crippen LogP contribution in [0.4, 0.5) is 0 Å². The van der Waals surface area contributed by atoms with Crippen molar-refractivity contribution in [2.45, 2.75) is 4.90 Å². The Labute approximate surface area is 95.8 Å². The molecule has 0 aromatic heterocycles. The van der Waals surface area contributed by atoms with Crippen molar-refractivity contribution < 1.29 is 13.2 Å². The van der Waals surface area contributed by atoms with Crippen molar-refractivity contribution in [1.82, 2.24) is 4.90 Å². The number of carbonyl (C=O) groups is 1. The quantitative estimate of drug-likeness (QED) is 0.733. The number of rotatable bonds is 4. The molecule has 0 radical (unpaired) electrons. The Kier molecular flexibility index (Phi) is 3.83. The molecule has 4 nitrogen and oxygen atoms in total. The standard InChI is InChI=1S/C11H15NO3S/c1-12(2)8-11(13)9-4-6-10(7-5-9)16(3,14)15/h4-7H,8H2,1-3H3. The minimum atomic E-state index is -3.19. The monoisotopic (exact) mass is 241 g/mol. The average Bonchev–Trinajstić information content (AvgIpc) is 2.15. The van der Waals surface area contributed by atoms with Crippen molar-refractivity contribution >= 4 is 15.6 Å². The Balaban J connectivity index is 2.92. The van der Waals surface area contributed by atoms with E-state index in [0.717, 1.165) is 6.26 Å². The molecule has 0 amide bonds. The molecular weight excluding hydrogens is 226 g/mol. The average molecular weight is 241 g/mol. The summed E-state index contributed by atoms with van der Waals surface area (Å²) in [4.78, 5) is 13.6. The van der Waals surface area contributed by atoms with Gasteiger partial charge in [-0.2, -0.15) is 0 Å². The van der Waals surface area contributed by atoms with Crippen molar-refractivity contribution in [3.05, 3.63) is 29.8 Å². The zero-order valence-corrected chi connectivity index (χ0v) is 10.4. The maximum atomic E-state index is 11.6. The third-order valence-corrected chi connectivity index (χ3v) is 3.19. The van der Waals surface area contributed by atoms with Crippen LogP contribution in [0.5, 0.6) is 0 Å². The molecule has 0 aliphatic heterocycles. The molecule has 0 atom stereocenters. The molecule has 0 spiro atoms. The minimum Gasteiger partial charge on any atom is -0.302 e. The highest BCUT2D eigenvalue weighted by Gasteiger charge is 2.10. The van der Waals surface area contributed by atoms with Gasteiger partial charge in [-0.3, -0.25) is 4.79 Å². The summed E-state index contributed by atoms with van der Waals surface area (Å²) in [5.41, 5.74) is 0.529. The second kappa shape index (κ2) is 4.76. The molecule has 5 heteroatoms. The lowest BCUT2D eigenvalue weighted by molar-refractivity contribution is 0.0957. The van der Waals surface area contributed by atoms with Crippen molar-refractivity contribution in [2.75, 3.05) is 26.9 Å². The number of hydrogen-bond donors (Lipinski definition) is 0. The van der Waals surface area contributed by atoms with Crippen LogP contribution in [-0.2, 0) is 9.84 Å². The highest BCUT2D eigenvalue weighted by Crippen LogP contribution is 2.10. The zero-order chi connectivity index (χ0) is 12.3. The van der Waals surface area contributed by atoms with E-state index in [4.69, 9.17) is 0 Å². The first-order valence-corrected chi connectivity index (χ1v) is 6.68. The molecule has 0 saturated heterocycles. The van der Waals surface area contributed by atoms with Gasteiger partial charge in [0.2, 0.25) is 0 Å². The van der Waals surface area contributed by atoms with Crippen LogP contribution in [-0.4, -0.2) is 46.0 Å². The maximum absolute atomic E-state index is 11.6. The third-order valence-electron chi connectivity index (χ3n) is 2.06. The number of sulfone groups is 1. The Hall–Kier alpha value is -1.20. The van der Waals surface area contributed by atoms with Gasteiger partial charge in [0.1, 0.15) is 0 Å². The molecule has 0 fully saturated rings. The van der Waals surface area contributed by atoms with E-state index in [1.807, 2.05) is 14.1 Å². The van der Waals surface area contributed by atoms with Crippen LogP contribution in [0.15, 0.2) is 29.2 Å².